The van der Waals surface area contributed by atoms with Crippen molar-refractivity contribution in [3.8, 4) is 0 Å². The van der Waals surface area contributed by atoms with Gasteiger partial charge in [-0.05, 0) is 19.8 Å². The summed E-state index contributed by atoms with van der Waals surface area (Å²) in [7, 11) is 1.82. The second kappa shape index (κ2) is 7.01. The minimum absolute atomic E-state index is 0.0709. The monoisotopic (exact) mass is 239 g/mol. The lowest BCUT2D eigenvalue weighted by Crippen LogP contribution is -2.26. The van der Waals surface area contributed by atoms with E-state index in [1.165, 1.54) is 0 Å². The molecule has 0 aliphatic carbocycles. The van der Waals surface area contributed by atoms with Crippen molar-refractivity contribution in [2.45, 2.75) is 38.6 Å². The van der Waals surface area contributed by atoms with Crippen LogP contribution in [-0.4, -0.2) is 33.3 Å². The average Bonchev–Trinajstić information content (AvgIpc) is 2.63. The topological polar surface area (TPSA) is 85.8 Å². The van der Waals surface area contributed by atoms with Gasteiger partial charge in [0.05, 0.1) is 0 Å². The third-order valence-electron chi connectivity index (χ3n) is 2.38. The molecule has 96 valence electrons. The summed E-state index contributed by atoms with van der Waals surface area (Å²) in [5.74, 6) is 0.824. The molecular weight excluding hydrogens is 218 g/mol. The van der Waals surface area contributed by atoms with E-state index in [4.69, 9.17) is 5.73 Å². The van der Waals surface area contributed by atoms with E-state index in [-0.39, 0.29) is 11.9 Å². The summed E-state index contributed by atoms with van der Waals surface area (Å²) in [5, 5.41) is 6.98. The van der Waals surface area contributed by atoms with Crippen molar-refractivity contribution in [1.29, 1.82) is 0 Å². The fourth-order valence-corrected chi connectivity index (χ4v) is 1.49. The van der Waals surface area contributed by atoms with Crippen molar-refractivity contribution in [2.24, 2.45) is 12.8 Å². The standard InChI is InChI=1S/C11H21N5O/c1-9(12)4-3-5-11(17)13-7-6-10-14-8-16(2)15-10/h8-9H,3-7,12H2,1-2H3,(H,13,17). The Balaban J connectivity index is 2.08. The molecule has 0 bridgehead atoms. The van der Waals surface area contributed by atoms with E-state index in [9.17, 15) is 4.79 Å². The highest BCUT2D eigenvalue weighted by atomic mass is 16.1. The van der Waals surface area contributed by atoms with E-state index < -0.39 is 0 Å². The number of rotatable bonds is 7. The average molecular weight is 239 g/mol. The summed E-state index contributed by atoms with van der Waals surface area (Å²) >= 11 is 0. The van der Waals surface area contributed by atoms with E-state index in [1.54, 1.807) is 11.0 Å². The molecule has 6 nitrogen and oxygen atoms in total. The Morgan fingerprint density at radius 1 is 1.65 bits per heavy atom. The van der Waals surface area contributed by atoms with Crippen molar-refractivity contribution in [2.75, 3.05) is 6.54 Å². The van der Waals surface area contributed by atoms with Gasteiger partial charge in [0.15, 0.2) is 5.82 Å². The molecule has 0 saturated heterocycles. The van der Waals surface area contributed by atoms with Crippen LogP contribution in [0.25, 0.3) is 0 Å². The molecule has 6 heteroatoms. The van der Waals surface area contributed by atoms with Gasteiger partial charge >= 0.3 is 0 Å². The third-order valence-corrected chi connectivity index (χ3v) is 2.38. The lowest BCUT2D eigenvalue weighted by Gasteiger charge is -2.05. The van der Waals surface area contributed by atoms with Crippen LogP contribution in [0, 0.1) is 0 Å². The van der Waals surface area contributed by atoms with Gasteiger partial charge in [0, 0.05) is 32.5 Å². The lowest BCUT2D eigenvalue weighted by molar-refractivity contribution is -0.121. The van der Waals surface area contributed by atoms with Crippen LogP contribution in [0.15, 0.2) is 6.33 Å². The second-order valence-corrected chi connectivity index (χ2v) is 4.30. The predicted octanol–water partition coefficient (Wildman–Crippen LogP) is -0.00870. The Kier molecular flexibility index (Phi) is 5.62. The second-order valence-electron chi connectivity index (χ2n) is 4.30. The summed E-state index contributed by atoms with van der Waals surface area (Å²) < 4.78 is 1.65. The van der Waals surface area contributed by atoms with Gasteiger partial charge in [-0.1, -0.05) is 0 Å². The maximum absolute atomic E-state index is 11.4. The van der Waals surface area contributed by atoms with Gasteiger partial charge in [0.25, 0.3) is 0 Å². The molecule has 0 fully saturated rings. The summed E-state index contributed by atoms with van der Waals surface area (Å²) in [6.07, 6.45) is 4.58. The number of nitrogens with one attached hydrogen (secondary N) is 1. The molecule has 0 aliphatic heterocycles. The van der Waals surface area contributed by atoms with Crippen LogP contribution in [0.3, 0.4) is 0 Å². The molecule has 1 aromatic rings. The first-order chi connectivity index (χ1) is 8.08. The lowest BCUT2D eigenvalue weighted by atomic mass is 10.1. The number of carbonyl (C=O) groups excluding carboxylic acids is 1. The number of hydrogen-bond donors (Lipinski definition) is 2. The number of amides is 1. The molecule has 0 radical (unpaired) electrons. The first-order valence-electron chi connectivity index (χ1n) is 5.94. The van der Waals surface area contributed by atoms with Crippen LogP contribution in [0.2, 0.25) is 0 Å². The Morgan fingerprint density at radius 2 is 2.41 bits per heavy atom. The van der Waals surface area contributed by atoms with Crippen molar-refractivity contribution >= 4 is 5.91 Å². The van der Waals surface area contributed by atoms with Crippen LogP contribution < -0.4 is 11.1 Å². The minimum atomic E-state index is 0.0709. The highest BCUT2D eigenvalue weighted by Gasteiger charge is 2.03. The van der Waals surface area contributed by atoms with Gasteiger partial charge < -0.3 is 11.1 Å². The number of aromatic nitrogens is 3. The molecule has 0 aliphatic rings. The smallest absolute Gasteiger partial charge is 0.220 e. The summed E-state index contributed by atoms with van der Waals surface area (Å²) in [6.45, 7) is 2.53. The summed E-state index contributed by atoms with van der Waals surface area (Å²) in [4.78, 5) is 15.5. The van der Waals surface area contributed by atoms with Crippen LogP contribution in [0.1, 0.15) is 32.0 Å². The summed E-state index contributed by atoms with van der Waals surface area (Å²) in [5.41, 5.74) is 5.61. The molecule has 1 heterocycles. The van der Waals surface area contributed by atoms with Crippen LogP contribution in [0.5, 0.6) is 0 Å². The van der Waals surface area contributed by atoms with Gasteiger partial charge in [-0.25, -0.2) is 4.98 Å². The molecule has 1 aromatic heterocycles. The van der Waals surface area contributed by atoms with E-state index in [1.807, 2.05) is 14.0 Å². The fourth-order valence-electron chi connectivity index (χ4n) is 1.49. The highest BCUT2D eigenvalue weighted by Crippen LogP contribution is 1.98. The van der Waals surface area contributed by atoms with E-state index in [0.29, 0.717) is 19.4 Å². The first-order valence-corrected chi connectivity index (χ1v) is 5.94. The van der Waals surface area contributed by atoms with Gasteiger partial charge in [0.2, 0.25) is 5.91 Å². The quantitative estimate of drug-likeness (QED) is 0.701. The zero-order valence-electron chi connectivity index (χ0n) is 10.5. The molecule has 17 heavy (non-hydrogen) atoms. The maximum Gasteiger partial charge on any atom is 0.220 e. The molecule has 0 aromatic carbocycles. The predicted molar refractivity (Wildman–Crippen MR) is 65.2 cm³/mol. The van der Waals surface area contributed by atoms with Crippen LogP contribution in [0.4, 0.5) is 0 Å². The number of nitrogens with two attached hydrogens (primary N) is 1. The molecule has 1 unspecified atom stereocenters. The molecule has 1 rings (SSSR count). The zero-order valence-corrected chi connectivity index (χ0v) is 10.5. The first kappa shape index (κ1) is 13.6. The molecule has 1 amide bonds. The number of aryl methyl sites for hydroxylation is 1. The maximum atomic E-state index is 11.4. The molecule has 1 atom stereocenters. The van der Waals surface area contributed by atoms with E-state index in [0.717, 1.165) is 18.7 Å². The Hall–Kier alpha value is -1.43. The normalized spacial score (nSPS) is 12.4. The largest absolute Gasteiger partial charge is 0.356 e. The molecule has 0 spiro atoms. The Morgan fingerprint density at radius 3 is 3.00 bits per heavy atom. The van der Waals surface area contributed by atoms with Gasteiger partial charge in [0.1, 0.15) is 6.33 Å². The number of nitrogens with zero attached hydrogens (tertiary/aromatic N) is 3. The number of carbonyl (C=O) groups is 1. The SMILES string of the molecule is CC(N)CCCC(=O)NCCc1ncn(C)n1. The van der Waals surface area contributed by atoms with Crippen LogP contribution >= 0.6 is 0 Å². The van der Waals surface area contributed by atoms with Crippen molar-refractivity contribution < 1.29 is 4.79 Å². The van der Waals surface area contributed by atoms with Crippen molar-refractivity contribution in [3.63, 3.8) is 0 Å². The molecular formula is C11H21N5O. The van der Waals surface area contributed by atoms with E-state index >= 15 is 0 Å². The highest BCUT2D eigenvalue weighted by molar-refractivity contribution is 5.75. The summed E-state index contributed by atoms with van der Waals surface area (Å²) in [6, 6.07) is 0.167. The number of hydrogen-bond acceptors (Lipinski definition) is 4. The van der Waals surface area contributed by atoms with Gasteiger partial charge in [-0.15, -0.1) is 0 Å². The van der Waals surface area contributed by atoms with E-state index in [2.05, 4.69) is 15.4 Å². The van der Waals surface area contributed by atoms with Crippen molar-refractivity contribution in [1.82, 2.24) is 20.1 Å². The van der Waals surface area contributed by atoms with Gasteiger partial charge in [-0.3, -0.25) is 9.48 Å². The molecule has 3 N–H and O–H groups in total. The Bertz CT molecular complexity index is 347. The minimum Gasteiger partial charge on any atom is -0.356 e. The Labute approximate surface area is 102 Å². The van der Waals surface area contributed by atoms with Crippen molar-refractivity contribution in [3.05, 3.63) is 12.2 Å². The third kappa shape index (κ3) is 6.01. The zero-order chi connectivity index (χ0) is 12.7. The molecule has 0 saturated carbocycles. The fraction of sp³-hybridized carbons (Fsp3) is 0.727. The van der Waals surface area contributed by atoms with Gasteiger partial charge in [-0.2, -0.15) is 5.10 Å². The van der Waals surface area contributed by atoms with Crippen LogP contribution in [-0.2, 0) is 18.3 Å².